The lowest BCUT2D eigenvalue weighted by molar-refractivity contribution is -0.340. The molecule has 14 heteroatoms. The SMILES string of the molecule is COC(=O)C1=CO[C@@H](O[C@@H]2O[C@H](CO)[C@@H](O)[C@H](O)[C@H]2O)[C@@H]2C(CO)=C[C@H](OC(=O)C=Cc3ccc(O)c(OC)c3)[C@H]12. The third-order valence-corrected chi connectivity index (χ3v) is 7.12. The summed E-state index contributed by atoms with van der Waals surface area (Å²) in [5.41, 5.74) is 0.793. The number of rotatable bonds is 9. The minimum absolute atomic E-state index is 0.0177. The maximum absolute atomic E-state index is 12.8. The lowest BCUT2D eigenvalue weighted by atomic mass is 9.82. The van der Waals surface area contributed by atoms with Crippen LogP contribution in [-0.4, -0.2) is 113 Å². The van der Waals surface area contributed by atoms with Crippen LogP contribution < -0.4 is 4.74 Å². The highest BCUT2D eigenvalue weighted by Gasteiger charge is 2.53. The van der Waals surface area contributed by atoms with E-state index in [4.69, 9.17) is 28.4 Å². The zero-order chi connectivity index (χ0) is 29.8. The largest absolute Gasteiger partial charge is 0.504 e. The minimum Gasteiger partial charge on any atom is -0.504 e. The second kappa shape index (κ2) is 13.0. The molecule has 14 nitrogen and oxygen atoms in total. The molecule has 0 aromatic heterocycles. The number of carbonyl (C=O) groups excluding carboxylic acids is 2. The number of methoxy groups -OCH3 is 2. The van der Waals surface area contributed by atoms with E-state index >= 15 is 0 Å². The molecule has 2 heterocycles. The third-order valence-electron chi connectivity index (χ3n) is 7.12. The molecule has 6 N–H and O–H groups in total. The average molecular weight is 581 g/mol. The molecule has 3 aliphatic rings. The first-order chi connectivity index (χ1) is 19.6. The summed E-state index contributed by atoms with van der Waals surface area (Å²) in [6, 6.07) is 4.45. The molecule has 0 unspecified atom stereocenters. The van der Waals surface area contributed by atoms with Crippen LogP contribution >= 0.6 is 0 Å². The van der Waals surface area contributed by atoms with Gasteiger partial charge in [0, 0.05) is 12.0 Å². The van der Waals surface area contributed by atoms with Crippen molar-refractivity contribution >= 4 is 18.0 Å². The van der Waals surface area contributed by atoms with Crippen LogP contribution in [0.3, 0.4) is 0 Å². The minimum atomic E-state index is -1.74. The molecule has 4 rings (SSSR count). The Balaban J connectivity index is 1.56. The first kappa shape index (κ1) is 30.5. The molecule has 1 aromatic rings. The van der Waals surface area contributed by atoms with Crippen molar-refractivity contribution in [3.8, 4) is 11.5 Å². The summed E-state index contributed by atoms with van der Waals surface area (Å²) in [6.45, 7) is -1.22. The normalized spacial score (nSPS) is 32.9. The van der Waals surface area contributed by atoms with E-state index < -0.39 is 80.1 Å². The van der Waals surface area contributed by atoms with Crippen molar-refractivity contribution in [2.75, 3.05) is 27.4 Å². The number of hydrogen-bond acceptors (Lipinski definition) is 14. The molecule has 224 valence electrons. The summed E-state index contributed by atoms with van der Waals surface area (Å²) in [5.74, 6) is -3.33. The van der Waals surface area contributed by atoms with Crippen molar-refractivity contribution in [3.05, 3.63) is 53.3 Å². The predicted molar refractivity (Wildman–Crippen MR) is 136 cm³/mol. The lowest BCUT2D eigenvalue weighted by Crippen LogP contribution is -2.60. The number of phenolic OH excluding ortho intramolecular Hbond substituents is 1. The summed E-state index contributed by atoms with van der Waals surface area (Å²) in [7, 11) is 2.53. The van der Waals surface area contributed by atoms with Gasteiger partial charge in [0.1, 0.15) is 30.5 Å². The van der Waals surface area contributed by atoms with E-state index in [1.165, 1.54) is 31.4 Å². The summed E-state index contributed by atoms with van der Waals surface area (Å²) >= 11 is 0. The molecule has 0 amide bonds. The van der Waals surface area contributed by atoms with Gasteiger partial charge in [0.15, 0.2) is 17.8 Å². The maximum atomic E-state index is 12.8. The van der Waals surface area contributed by atoms with E-state index in [1.54, 1.807) is 6.07 Å². The molecule has 1 fully saturated rings. The number of benzene rings is 1. The van der Waals surface area contributed by atoms with Crippen LogP contribution in [0.2, 0.25) is 0 Å². The molecule has 1 aliphatic carbocycles. The summed E-state index contributed by atoms with van der Waals surface area (Å²) in [4.78, 5) is 25.4. The Kier molecular flexibility index (Phi) is 9.65. The average Bonchev–Trinajstić information content (AvgIpc) is 3.35. The molecule has 0 radical (unpaired) electrons. The molecular formula is C27H32O14. The summed E-state index contributed by atoms with van der Waals surface area (Å²) < 4.78 is 32.3. The number of ether oxygens (including phenoxy) is 6. The van der Waals surface area contributed by atoms with Crippen molar-refractivity contribution in [2.45, 2.75) is 43.1 Å². The third kappa shape index (κ3) is 6.23. The Morgan fingerprint density at radius 3 is 2.44 bits per heavy atom. The van der Waals surface area contributed by atoms with Gasteiger partial charge in [-0.1, -0.05) is 6.07 Å². The summed E-state index contributed by atoms with van der Waals surface area (Å²) in [6.07, 6.45) is -5.22. The monoisotopic (exact) mass is 580 g/mol. The second-order valence-corrected chi connectivity index (χ2v) is 9.52. The van der Waals surface area contributed by atoms with Crippen molar-refractivity contribution in [3.63, 3.8) is 0 Å². The highest BCUT2D eigenvalue weighted by atomic mass is 16.8. The van der Waals surface area contributed by atoms with Gasteiger partial charge in [0.25, 0.3) is 0 Å². The molecule has 1 saturated heterocycles. The number of hydrogen-bond donors (Lipinski definition) is 6. The zero-order valence-corrected chi connectivity index (χ0v) is 22.1. The van der Waals surface area contributed by atoms with Gasteiger partial charge >= 0.3 is 11.9 Å². The molecule has 0 spiro atoms. The second-order valence-electron chi connectivity index (χ2n) is 9.52. The van der Waals surface area contributed by atoms with Crippen LogP contribution in [0, 0.1) is 11.8 Å². The fourth-order valence-electron chi connectivity index (χ4n) is 5.01. The Bertz CT molecular complexity index is 1210. The number of aliphatic hydroxyl groups excluding tert-OH is 5. The number of phenols is 1. The molecular weight excluding hydrogens is 548 g/mol. The Morgan fingerprint density at radius 2 is 1.78 bits per heavy atom. The molecule has 0 bridgehead atoms. The van der Waals surface area contributed by atoms with Crippen LogP contribution in [0.25, 0.3) is 6.08 Å². The van der Waals surface area contributed by atoms with Crippen molar-refractivity contribution in [1.82, 2.24) is 0 Å². The molecule has 9 atom stereocenters. The highest BCUT2D eigenvalue weighted by molar-refractivity contribution is 5.90. The number of carbonyl (C=O) groups is 2. The van der Waals surface area contributed by atoms with Gasteiger partial charge in [-0.25, -0.2) is 9.59 Å². The van der Waals surface area contributed by atoms with Crippen LogP contribution in [0.1, 0.15) is 5.56 Å². The Hall–Kier alpha value is -3.50. The molecule has 41 heavy (non-hydrogen) atoms. The van der Waals surface area contributed by atoms with Crippen molar-refractivity contribution < 1.29 is 68.6 Å². The maximum Gasteiger partial charge on any atom is 0.337 e. The van der Waals surface area contributed by atoms with Crippen molar-refractivity contribution in [2.24, 2.45) is 11.8 Å². The smallest absolute Gasteiger partial charge is 0.337 e. The van der Waals surface area contributed by atoms with Gasteiger partial charge in [-0.2, -0.15) is 0 Å². The molecule has 2 aliphatic heterocycles. The quantitative estimate of drug-likeness (QED) is 0.114. The lowest BCUT2D eigenvalue weighted by Gasteiger charge is -2.43. The van der Waals surface area contributed by atoms with E-state index in [0.717, 1.165) is 19.4 Å². The van der Waals surface area contributed by atoms with E-state index in [-0.39, 0.29) is 22.6 Å². The number of aliphatic hydroxyl groups is 5. The highest BCUT2D eigenvalue weighted by Crippen LogP contribution is 2.45. The number of esters is 2. The molecule has 1 aromatic carbocycles. The molecule has 0 saturated carbocycles. The van der Waals surface area contributed by atoms with Gasteiger partial charge in [-0.05, 0) is 35.4 Å². The van der Waals surface area contributed by atoms with Gasteiger partial charge in [-0.3, -0.25) is 0 Å². The Morgan fingerprint density at radius 1 is 1.02 bits per heavy atom. The van der Waals surface area contributed by atoms with E-state index in [1.807, 2.05) is 0 Å². The fourth-order valence-corrected chi connectivity index (χ4v) is 5.01. The van der Waals surface area contributed by atoms with E-state index in [9.17, 15) is 40.2 Å². The van der Waals surface area contributed by atoms with Gasteiger partial charge in [0.2, 0.25) is 6.29 Å². The van der Waals surface area contributed by atoms with Gasteiger partial charge in [-0.15, -0.1) is 0 Å². The first-order valence-electron chi connectivity index (χ1n) is 12.6. The van der Waals surface area contributed by atoms with E-state index in [2.05, 4.69) is 0 Å². The van der Waals surface area contributed by atoms with Crippen LogP contribution in [0.4, 0.5) is 0 Å². The first-order valence-corrected chi connectivity index (χ1v) is 12.6. The van der Waals surface area contributed by atoms with Crippen LogP contribution in [0.5, 0.6) is 11.5 Å². The van der Waals surface area contributed by atoms with Gasteiger partial charge in [0.05, 0.1) is 45.2 Å². The fraction of sp³-hybridized carbons (Fsp3) is 0.481. The standard InChI is InChI=1S/C27H32O14/c1-36-16-7-12(3-5-15(16)30)4-6-19(31)39-17-8-13(9-28)20-21(17)14(25(35)37-2)11-38-26(20)41-27-24(34)23(33)22(32)18(10-29)40-27/h3-8,11,17-18,20-24,26-30,32-34H,9-10H2,1-2H3/t17-,18+,20+,21-,22+,23-,24+,26-,27-/m0/s1. The summed E-state index contributed by atoms with van der Waals surface area (Å²) in [5, 5.41) is 59.9. The predicted octanol–water partition coefficient (Wildman–Crippen LogP) is -1.28. The zero-order valence-electron chi connectivity index (χ0n) is 22.1. The topological polar surface area (TPSA) is 211 Å². The van der Waals surface area contributed by atoms with Gasteiger partial charge < -0.3 is 59.1 Å². The number of fused-ring (bicyclic) bond motifs is 1. The van der Waals surface area contributed by atoms with Crippen LogP contribution in [0.15, 0.2) is 47.8 Å². The number of aromatic hydroxyl groups is 1. The van der Waals surface area contributed by atoms with E-state index in [0.29, 0.717) is 5.56 Å². The van der Waals surface area contributed by atoms with Crippen molar-refractivity contribution in [1.29, 1.82) is 0 Å². The van der Waals surface area contributed by atoms with Crippen LogP contribution in [-0.2, 0) is 33.3 Å². The Labute approximate surface area is 234 Å².